The highest BCUT2D eigenvalue weighted by Gasteiger charge is 1.99. The average molecular weight is 234 g/mol. The van der Waals surface area contributed by atoms with Crippen LogP contribution >= 0.6 is 11.6 Å². The summed E-state index contributed by atoms with van der Waals surface area (Å²) in [5.74, 6) is 0. The van der Waals surface area contributed by atoms with Crippen molar-refractivity contribution < 1.29 is 0 Å². The summed E-state index contributed by atoms with van der Waals surface area (Å²) in [5, 5.41) is 3.89. The third-order valence-electron chi connectivity index (χ3n) is 2.20. The largest absolute Gasteiger partial charge is 0.399 e. The third kappa shape index (κ3) is 2.38. The van der Waals surface area contributed by atoms with Crippen LogP contribution < -0.4 is 16.8 Å². The van der Waals surface area contributed by atoms with Gasteiger partial charge in [-0.3, -0.25) is 0 Å². The van der Waals surface area contributed by atoms with Crippen molar-refractivity contribution >= 4 is 34.4 Å². The van der Waals surface area contributed by atoms with E-state index in [0.29, 0.717) is 16.4 Å². The van der Waals surface area contributed by atoms with Gasteiger partial charge in [0.1, 0.15) is 0 Å². The molecule has 0 aliphatic heterocycles. The Morgan fingerprint density at radius 2 is 1.62 bits per heavy atom. The van der Waals surface area contributed by atoms with Crippen LogP contribution in [0.1, 0.15) is 0 Å². The summed E-state index contributed by atoms with van der Waals surface area (Å²) < 4.78 is 0. The fraction of sp³-hybridized carbons (Fsp3) is 0. The van der Waals surface area contributed by atoms with Crippen molar-refractivity contribution in [1.82, 2.24) is 0 Å². The van der Waals surface area contributed by atoms with Crippen molar-refractivity contribution in [2.75, 3.05) is 16.8 Å². The zero-order valence-corrected chi connectivity index (χ0v) is 9.33. The van der Waals surface area contributed by atoms with Crippen LogP contribution in [0.15, 0.2) is 42.5 Å². The van der Waals surface area contributed by atoms with E-state index in [-0.39, 0.29) is 0 Å². The van der Waals surface area contributed by atoms with Gasteiger partial charge in [0, 0.05) is 16.4 Å². The molecule has 0 heterocycles. The molecule has 0 saturated carbocycles. The van der Waals surface area contributed by atoms with E-state index in [9.17, 15) is 0 Å². The zero-order valence-electron chi connectivity index (χ0n) is 8.57. The molecule has 0 saturated heterocycles. The lowest BCUT2D eigenvalue weighted by Gasteiger charge is -2.09. The number of hydrogen-bond donors (Lipinski definition) is 3. The summed E-state index contributed by atoms with van der Waals surface area (Å²) in [6, 6.07) is 12.8. The van der Waals surface area contributed by atoms with Gasteiger partial charge in [-0.1, -0.05) is 11.6 Å². The summed E-state index contributed by atoms with van der Waals surface area (Å²) >= 11 is 5.80. The second-order valence-corrected chi connectivity index (χ2v) is 3.92. The highest BCUT2D eigenvalue weighted by molar-refractivity contribution is 6.30. The van der Waals surface area contributed by atoms with Crippen LogP contribution in [-0.4, -0.2) is 0 Å². The minimum atomic E-state index is 0.620. The van der Waals surface area contributed by atoms with Crippen LogP contribution in [-0.2, 0) is 0 Å². The monoisotopic (exact) mass is 233 g/mol. The molecule has 5 N–H and O–H groups in total. The molecule has 0 aliphatic carbocycles. The van der Waals surface area contributed by atoms with Gasteiger partial charge in [0.05, 0.1) is 11.4 Å². The van der Waals surface area contributed by atoms with E-state index in [4.69, 9.17) is 23.1 Å². The molecule has 82 valence electrons. The molecule has 0 bridgehead atoms. The first kappa shape index (κ1) is 10.6. The van der Waals surface area contributed by atoms with Crippen molar-refractivity contribution in [2.45, 2.75) is 0 Å². The standard InChI is InChI=1S/C12H12ClN3/c13-8-1-4-10(5-2-8)16-12-6-3-9(14)7-11(12)15/h1-7,16H,14-15H2. The fourth-order valence-electron chi connectivity index (χ4n) is 1.38. The maximum atomic E-state index is 5.83. The van der Waals surface area contributed by atoms with Gasteiger partial charge in [0.25, 0.3) is 0 Å². The Balaban J connectivity index is 2.23. The van der Waals surface area contributed by atoms with E-state index in [2.05, 4.69) is 5.32 Å². The van der Waals surface area contributed by atoms with Gasteiger partial charge in [-0.25, -0.2) is 0 Å². The summed E-state index contributed by atoms with van der Waals surface area (Å²) in [6.45, 7) is 0. The molecule has 2 aromatic rings. The SMILES string of the molecule is Nc1ccc(Nc2ccc(Cl)cc2)c(N)c1. The summed E-state index contributed by atoms with van der Waals surface area (Å²) in [6.07, 6.45) is 0. The molecule has 0 atom stereocenters. The maximum Gasteiger partial charge on any atom is 0.0619 e. The lowest BCUT2D eigenvalue weighted by molar-refractivity contribution is 1.54. The van der Waals surface area contributed by atoms with Gasteiger partial charge >= 0.3 is 0 Å². The summed E-state index contributed by atoms with van der Waals surface area (Å²) in [7, 11) is 0. The summed E-state index contributed by atoms with van der Waals surface area (Å²) in [4.78, 5) is 0. The Labute approximate surface area is 99.0 Å². The maximum absolute atomic E-state index is 5.83. The van der Waals surface area contributed by atoms with Crippen molar-refractivity contribution in [3.05, 3.63) is 47.5 Å². The van der Waals surface area contributed by atoms with Gasteiger partial charge in [0.15, 0.2) is 0 Å². The van der Waals surface area contributed by atoms with E-state index in [1.54, 1.807) is 12.1 Å². The number of benzene rings is 2. The van der Waals surface area contributed by atoms with Crippen LogP contribution in [0.5, 0.6) is 0 Å². The number of halogens is 1. The first-order valence-electron chi connectivity index (χ1n) is 4.83. The van der Waals surface area contributed by atoms with Gasteiger partial charge < -0.3 is 16.8 Å². The molecule has 2 rings (SSSR count). The van der Waals surface area contributed by atoms with Gasteiger partial charge in [-0.2, -0.15) is 0 Å². The third-order valence-corrected chi connectivity index (χ3v) is 2.45. The minimum Gasteiger partial charge on any atom is -0.399 e. The smallest absolute Gasteiger partial charge is 0.0619 e. The highest BCUT2D eigenvalue weighted by Crippen LogP contribution is 2.25. The normalized spacial score (nSPS) is 10.1. The molecule has 16 heavy (non-hydrogen) atoms. The first-order valence-corrected chi connectivity index (χ1v) is 5.20. The molecule has 2 aromatic carbocycles. The molecule has 0 spiro atoms. The van der Waals surface area contributed by atoms with E-state index in [1.165, 1.54) is 0 Å². The molecular formula is C12H12ClN3. The fourth-order valence-corrected chi connectivity index (χ4v) is 1.51. The number of anilines is 4. The molecule has 0 aromatic heterocycles. The van der Waals surface area contributed by atoms with Crippen LogP contribution in [0, 0.1) is 0 Å². The molecular weight excluding hydrogens is 222 g/mol. The highest BCUT2D eigenvalue weighted by atomic mass is 35.5. The minimum absolute atomic E-state index is 0.620. The van der Waals surface area contributed by atoms with Crippen LogP contribution in [0.25, 0.3) is 0 Å². The Bertz CT molecular complexity index is 494. The quantitative estimate of drug-likeness (QED) is 0.698. The van der Waals surface area contributed by atoms with Crippen molar-refractivity contribution in [2.24, 2.45) is 0 Å². The van der Waals surface area contributed by atoms with Crippen LogP contribution in [0.4, 0.5) is 22.7 Å². The molecule has 4 heteroatoms. The lowest BCUT2D eigenvalue weighted by atomic mass is 10.2. The van der Waals surface area contributed by atoms with E-state index < -0.39 is 0 Å². The Hall–Kier alpha value is -1.87. The van der Waals surface area contributed by atoms with Gasteiger partial charge in [-0.05, 0) is 42.5 Å². The predicted molar refractivity (Wildman–Crippen MR) is 70.0 cm³/mol. The van der Waals surface area contributed by atoms with E-state index in [1.807, 2.05) is 30.3 Å². The molecule has 0 amide bonds. The van der Waals surface area contributed by atoms with Crippen molar-refractivity contribution in [3.63, 3.8) is 0 Å². The van der Waals surface area contributed by atoms with Crippen molar-refractivity contribution in [3.8, 4) is 0 Å². The van der Waals surface area contributed by atoms with Gasteiger partial charge in [-0.15, -0.1) is 0 Å². The van der Waals surface area contributed by atoms with E-state index in [0.717, 1.165) is 11.4 Å². The second kappa shape index (κ2) is 4.33. The topological polar surface area (TPSA) is 64.1 Å². The molecule has 0 fully saturated rings. The summed E-state index contributed by atoms with van der Waals surface area (Å²) in [5.41, 5.74) is 14.5. The Morgan fingerprint density at radius 1 is 0.938 bits per heavy atom. The van der Waals surface area contributed by atoms with Gasteiger partial charge in [0.2, 0.25) is 0 Å². The Morgan fingerprint density at radius 3 is 2.25 bits per heavy atom. The first-order chi connectivity index (χ1) is 7.65. The molecule has 3 nitrogen and oxygen atoms in total. The Kier molecular flexibility index (Phi) is 2.88. The molecule has 0 radical (unpaired) electrons. The number of nitrogens with one attached hydrogen (secondary N) is 1. The molecule has 0 aliphatic rings. The van der Waals surface area contributed by atoms with Crippen LogP contribution in [0.2, 0.25) is 5.02 Å². The van der Waals surface area contributed by atoms with Crippen molar-refractivity contribution in [1.29, 1.82) is 0 Å². The molecule has 0 unspecified atom stereocenters. The average Bonchev–Trinajstić information content (AvgIpc) is 2.25. The van der Waals surface area contributed by atoms with Crippen LogP contribution in [0.3, 0.4) is 0 Å². The second-order valence-electron chi connectivity index (χ2n) is 3.48. The number of nitrogens with two attached hydrogens (primary N) is 2. The number of rotatable bonds is 2. The zero-order chi connectivity index (χ0) is 11.5. The predicted octanol–water partition coefficient (Wildman–Crippen LogP) is 3.25. The van der Waals surface area contributed by atoms with E-state index >= 15 is 0 Å². The lowest BCUT2D eigenvalue weighted by Crippen LogP contribution is -1.97. The number of nitrogen functional groups attached to an aromatic ring is 2. The number of hydrogen-bond acceptors (Lipinski definition) is 3.